The number of imidazole rings is 1. The van der Waals surface area contributed by atoms with Gasteiger partial charge in [-0.1, -0.05) is 0 Å². The van der Waals surface area contributed by atoms with Crippen molar-refractivity contribution in [3.63, 3.8) is 0 Å². The standard InChI is InChI=1S/C10H11N3S/c1-3-8-10(11-5-1)13(7-12-8)9-4-2-6-14-9/h1,3,5,7,9H,2,4,6H2. The third-order valence-electron chi connectivity index (χ3n) is 2.55. The van der Waals surface area contributed by atoms with Gasteiger partial charge in [0.2, 0.25) is 0 Å². The minimum absolute atomic E-state index is 0.551. The molecule has 0 N–H and O–H groups in total. The normalized spacial score (nSPS) is 21.9. The molecule has 0 amide bonds. The molecule has 3 nitrogen and oxygen atoms in total. The molecule has 0 bridgehead atoms. The van der Waals surface area contributed by atoms with E-state index in [0.717, 1.165) is 11.2 Å². The fourth-order valence-electron chi connectivity index (χ4n) is 1.86. The molecule has 1 saturated heterocycles. The molecule has 1 aliphatic heterocycles. The zero-order valence-corrected chi connectivity index (χ0v) is 8.57. The van der Waals surface area contributed by atoms with Crippen LogP contribution in [-0.4, -0.2) is 20.3 Å². The third-order valence-corrected chi connectivity index (χ3v) is 3.92. The van der Waals surface area contributed by atoms with Gasteiger partial charge in [-0.3, -0.25) is 0 Å². The van der Waals surface area contributed by atoms with E-state index in [2.05, 4.69) is 14.5 Å². The third kappa shape index (κ3) is 1.21. The Morgan fingerprint density at radius 1 is 1.43 bits per heavy atom. The number of hydrogen-bond donors (Lipinski definition) is 0. The van der Waals surface area contributed by atoms with Crippen LogP contribution in [-0.2, 0) is 0 Å². The van der Waals surface area contributed by atoms with Gasteiger partial charge < -0.3 is 4.57 Å². The van der Waals surface area contributed by atoms with Crippen LogP contribution >= 0.6 is 11.8 Å². The summed E-state index contributed by atoms with van der Waals surface area (Å²) in [6.07, 6.45) is 6.30. The van der Waals surface area contributed by atoms with E-state index in [1.807, 2.05) is 36.4 Å². The highest BCUT2D eigenvalue weighted by Gasteiger charge is 2.19. The average molecular weight is 205 g/mol. The van der Waals surface area contributed by atoms with Gasteiger partial charge in [-0.05, 0) is 30.7 Å². The van der Waals surface area contributed by atoms with Gasteiger partial charge in [-0.2, -0.15) is 0 Å². The highest BCUT2D eigenvalue weighted by molar-refractivity contribution is 7.99. The van der Waals surface area contributed by atoms with Crippen molar-refractivity contribution < 1.29 is 0 Å². The molecule has 2 aromatic heterocycles. The van der Waals surface area contributed by atoms with Crippen molar-refractivity contribution in [1.82, 2.24) is 14.5 Å². The monoisotopic (exact) mass is 205 g/mol. The Morgan fingerprint density at radius 2 is 2.43 bits per heavy atom. The number of aromatic nitrogens is 3. The van der Waals surface area contributed by atoms with Crippen molar-refractivity contribution in [1.29, 1.82) is 0 Å². The lowest BCUT2D eigenvalue weighted by molar-refractivity contribution is 0.655. The van der Waals surface area contributed by atoms with Crippen LogP contribution in [0, 0.1) is 0 Å². The summed E-state index contributed by atoms with van der Waals surface area (Å²) in [4.78, 5) is 8.72. The van der Waals surface area contributed by atoms with E-state index in [4.69, 9.17) is 0 Å². The zero-order chi connectivity index (χ0) is 9.38. The Bertz CT molecular complexity index is 445. The number of hydrogen-bond acceptors (Lipinski definition) is 3. The SMILES string of the molecule is c1cnc2c(c1)ncn2C1CCCS1. The lowest BCUT2D eigenvalue weighted by Gasteiger charge is -2.09. The summed E-state index contributed by atoms with van der Waals surface area (Å²) in [5.41, 5.74) is 2.02. The van der Waals surface area contributed by atoms with Gasteiger partial charge in [0.25, 0.3) is 0 Å². The summed E-state index contributed by atoms with van der Waals surface area (Å²) in [5, 5.41) is 0.551. The summed E-state index contributed by atoms with van der Waals surface area (Å²) >= 11 is 2.00. The Kier molecular flexibility index (Phi) is 1.94. The van der Waals surface area contributed by atoms with E-state index < -0.39 is 0 Å². The smallest absolute Gasteiger partial charge is 0.160 e. The Labute approximate surface area is 86.5 Å². The lowest BCUT2D eigenvalue weighted by atomic mass is 10.3. The highest BCUT2D eigenvalue weighted by atomic mass is 32.2. The first-order chi connectivity index (χ1) is 6.95. The number of thioether (sulfide) groups is 1. The van der Waals surface area contributed by atoms with E-state index >= 15 is 0 Å². The molecular formula is C10H11N3S. The first-order valence-electron chi connectivity index (χ1n) is 4.84. The lowest BCUT2D eigenvalue weighted by Crippen LogP contribution is -2.00. The van der Waals surface area contributed by atoms with E-state index in [1.165, 1.54) is 18.6 Å². The van der Waals surface area contributed by atoms with Crippen molar-refractivity contribution in [2.45, 2.75) is 18.2 Å². The molecule has 0 saturated carbocycles. The van der Waals surface area contributed by atoms with Crippen LogP contribution in [0.5, 0.6) is 0 Å². The van der Waals surface area contributed by atoms with E-state index in [1.54, 1.807) is 0 Å². The van der Waals surface area contributed by atoms with Crippen LogP contribution in [0.2, 0.25) is 0 Å². The quantitative estimate of drug-likeness (QED) is 0.716. The summed E-state index contributed by atoms with van der Waals surface area (Å²) in [7, 11) is 0. The largest absolute Gasteiger partial charge is 0.303 e. The van der Waals surface area contributed by atoms with Gasteiger partial charge in [-0.25, -0.2) is 9.97 Å². The molecular weight excluding hydrogens is 194 g/mol. The molecule has 1 fully saturated rings. The molecule has 1 unspecified atom stereocenters. The first kappa shape index (κ1) is 8.29. The van der Waals surface area contributed by atoms with Crippen LogP contribution in [0.3, 0.4) is 0 Å². The minimum atomic E-state index is 0.551. The second-order valence-corrected chi connectivity index (χ2v) is 4.75. The topological polar surface area (TPSA) is 30.7 Å². The molecule has 0 aliphatic carbocycles. The Hall–Kier alpha value is -1.03. The number of nitrogens with zero attached hydrogens (tertiary/aromatic N) is 3. The molecule has 1 aliphatic rings. The van der Waals surface area contributed by atoms with Crippen LogP contribution in [0.15, 0.2) is 24.7 Å². The van der Waals surface area contributed by atoms with Gasteiger partial charge >= 0.3 is 0 Å². The fraction of sp³-hybridized carbons (Fsp3) is 0.400. The van der Waals surface area contributed by atoms with Crippen molar-refractivity contribution in [2.24, 2.45) is 0 Å². The number of fused-ring (bicyclic) bond motifs is 1. The Morgan fingerprint density at radius 3 is 3.29 bits per heavy atom. The maximum atomic E-state index is 4.37. The number of rotatable bonds is 1. The van der Waals surface area contributed by atoms with Crippen molar-refractivity contribution >= 4 is 22.9 Å². The molecule has 1 atom stereocenters. The molecule has 3 rings (SSSR count). The van der Waals surface area contributed by atoms with Crippen molar-refractivity contribution in [2.75, 3.05) is 5.75 Å². The summed E-state index contributed by atoms with van der Waals surface area (Å²) in [6, 6.07) is 3.94. The maximum absolute atomic E-state index is 4.37. The molecule has 0 spiro atoms. The molecule has 72 valence electrons. The van der Waals surface area contributed by atoms with Gasteiger partial charge in [-0.15, -0.1) is 11.8 Å². The molecule has 2 aromatic rings. The second-order valence-electron chi connectivity index (χ2n) is 3.47. The molecule has 4 heteroatoms. The van der Waals surface area contributed by atoms with Crippen LogP contribution in [0.1, 0.15) is 18.2 Å². The zero-order valence-electron chi connectivity index (χ0n) is 7.76. The first-order valence-corrected chi connectivity index (χ1v) is 5.89. The fourth-order valence-corrected chi connectivity index (χ4v) is 3.11. The van der Waals surface area contributed by atoms with Crippen LogP contribution in [0.4, 0.5) is 0 Å². The van der Waals surface area contributed by atoms with E-state index in [0.29, 0.717) is 5.37 Å². The second kappa shape index (κ2) is 3.28. The molecule has 14 heavy (non-hydrogen) atoms. The predicted octanol–water partition coefficient (Wildman–Crippen LogP) is 2.46. The average Bonchev–Trinajstić information content (AvgIpc) is 2.85. The highest BCUT2D eigenvalue weighted by Crippen LogP contribution is 2.36. The molecule has 3 heterocycles. The molecule has 0 aromatic carbocycles. The van der Waals surface area contributed by atoms with Crippen LogP contribution in [0.25, 0.3) is 11.2 Å². The van der Waals surface area contributed by atoms with Crippen molar-refractivity contribution in [3.05, 3.63) is 24.7 Å². The van der Waals surface area contributed by atoms with Gasteiger partial charge in [0, 0.05) is 6.20 Å². The van der Waals surface area contributed by atoms with Gasteiger partial charge in [0.05, 0.1) is 11.7 Å². The minimum Gasteiger partial charge on any atom is -0.303 e. The van der Waals surface area contributed by atoms with Crippen LogP contribution < -0.4 is 0 Å². The van der Waals surface area contributed by atoms with Crippen molar-refractivity contribution in [3.8, 4) is 0 Å². The van der Waals surface area contributed by atoms with E-state index in [9.17, 15) is 0 Å². The van der Waals surface area contributed by atoms with Gasteiger partial charge in [0.15, 0.2) is 5.65 Å². The number of pyridine rings is 1. The maximum Gasteiger partial charge on any atom is 0.160 e. The summed E-state index contributed by atoms with van der Waals surface area (Å²) in [6.45, 7) is 0. The molecule has 0 radical (unpaired) electrons. The van der Waals surface area contributed by atoms with Gasteiger partial charge in [0.1, 0.15) is 5.52 Å². The Balaban J connectivity index is 2.11. The summed E-state index contributed by atoms with van der Waals surface area (Å²) < 4.78 is 2.20. The summed E-state index contributed by atoms with van der Waals surface area (Å²) in [5.74, 6) is 1.26. The predicted molar refractivity (Wildman–Crippen MR) is 58.3 cm³/mol. The van der Waals surface area contributed by atoms with E-state index in [-0.39, 0.29) is 0 Å².